The van der Waals surface area contributed by atoms with Gasteiger partial charge in [0.15, 0.2) is 0 Å². The smallest absolute Gasteiger partial charge is 0.0978 e. The summed E-state index contributed by atoms with van der Waals surface area (Å²) in [4.78, 5) is 0.407. The summed E-state index contributed by atoms with van der Waals surface area (Å²) >= 11 is 7.35. The largest absolute Gasteiger partial charge is 0.330 e. The molecule has 0 aliphatic rings. The molecule has 0 saturated heterocycles. The molecule has 0 amide bonds. The minimum Gasteiger partial charge on any atom is -0.330 e. The summed E-state index contributed by atoms with van der Waals surface area (Å²) in [6.45, 7) is 2.12. The lowest BCUT2D eigenvalue weighted by atomic mass is 10.3. The number of halogens is 2. The van der Waals surface area contributed by atoms with Gasteiger partial charge in [-0.2, -0.15) is 0 Å². The summed E-state index contributed by atoms with van der Waals surface area (Å²) in [5.74, 6) is 0. The highest BCUT2D eigenvalue weighted by Crippen LogP contribution is 2.21. The Morgan fingerprint density at radius 2 is 1.53 bits per heavy atom. The van der Waals surface area contributed by atoms with Crippen molar-refractivity contribution >= 4 is 31.9 Å². The minimum atomic E-state index is 0.407. The van der Waals surface area contributed by atoms with E-state index in [1.807, 2.05) is 0 Å². The average Bonchev–Trinajstić information content (AvgIpc) is 1.95. The van der Waals surface area contributed by atoms with Crippen LogP contribution in [0.1, 0.15) is 0 Å². The quantitative estimate of drug-likeness (QED) is 0.531. The topological polar surface area (TPSA) is 0 Å². The number of likely N-dealkylation sites (N-methyl/N-ethyl adjacent to an activating group) is 1. The molecule has 0 spiro atoms. The number of nitrogens with zero attached hydrogens (tertiary/aromatic N) is 2. The van der Waals surface area contributed by atoms with Crippen LogP contribution < -0.4 is 0 Å². The Balaban J connectivity index is 4.26. The molecule has 4 heteroatoms. The number of quaternary nitrogens is 2. The molecule has 1 atom stereocenters. The molecule has 0 rings (SSSR count). The fourth-order valence-corrected chi connectivity index (χ4v) is 2.40. The van der Waals surface area contributed by atoms with Crippen LogP contribution in [0.5, 0.6) is 0 Å². The second-order valence-electron chi connectivity index (χ2n) is 6.00. The van der Waals surface area contributed by atoms with E-state index in [0.29, 0.717) is 4.83 Å². The van der Waals surface area contributed by atoms with Crippen LogP contribution in [-0.2, 0) is 0 Å². The number of alkyl halides is 1. The van der Waals surface area contributed by atoms with E-state index in [1.165, 1.54) is 4.48 Å². The Bertz CT molecular complexity index is 224. The molecule has 0 saturated carbocycles. The van der Waals surface area contributed by atoms with Gasteiger partial charge in [-0.1, -0.05) is 31.9 Å². The van der Waals surface area contributed by atoms with E-state index < -0.39 is 0 Å². The molecule has 0 heterocycles. The zero-order chi connectivity index (χ0) is 12.3. The van der Waals surface area contributed by atoms with Crippen molar-refractivity contribution < 1.29 is 8.97 Å². The second kappa shape index (κ2) is 5.80. The normalized spacial score (nSPS) is 16.7. The molecule has 15 heavy (non-hydrogen) atoms. The molecule has 0 radical (unpaired) electrons. The maximum Gasteiger partial charge on any atom is 0.0978 e. The van der Waals surface area contributed by atoms with E-state index in [-0.39, 0.29) is 0 Å². The lowest BCUT2D eigenvalue weighted by Crippen LogP contribution is -2.40. The van der Waals surface area contributed by atoms with Crippen LogP contribution in [0.4, 0.5) is 0 Å². The van der Waals surface area contributed by atoms with Gasteiger partial charge >= 0.3 is 0 Å². The van der Waals surface area contributed by atoms with Crippen molar-refractivity contribution in [2.45, 2.75) is 4.83 Å². The second-order valence-corrected chi connectivity index (χ2v) is 8.02. The Kier molecular flexibility index (Phi) is 6.04. The van der Waals surface area contributed by atoms with E-state index in [1.54, 1.807) is 0 Å². The highest BCUT2D eigenvalue weighted by molar-refractivity contribution is 9.14. The monoisotopic (exact) mass is 342 g/mol. The predicted molar refractivity (Wildman–Crippen MR) is 75.5 cm³/mol. The molecule has 0 aromatic carbocycles. The lowest BCUT2D eigenvalue weighted by molar-refractivity contribution is -0.869. The first-order valence-corrected chi connectivity index (χ1v) is 6.83. The Labute approximate surface area is 111 Å². The van der Waals surface area contributed by atoms with Gasteiger partial charge in [0.25, 0.3) is 0 Å². The maximum absolute atomic E-state index is 3.71. The van der Waals surface area contributed by atoms with E-state index in [0.717, 1.165) is 22.1 Å². The van der Waals surface area contributed by atoms with Gasteiger partial charge in [0.05, 0.1) is 60.2 Å². The zero-order valence-electron chi connectivity index (χ0n) is 10.7. The molecular weight excluding hydrogens is 320 g/mol. The Morgan fingerprint density at radius 1 is 1.07 bits per heavy atom. The van der Waals surface area contributed by atoms with Gasteiger partial charge in [0, 0.05) is 4.48 Å². The van der Waals surface area contributed by atoms with Crippen LogP contribution in [0.15, 0.2) is 10.6 Å². The van der Waals surface area contributed by atoms with Crippen molar-refractivity contribution in [3.8, 4) is 0 Å². The average molecular weight is 344 g/mol. The highest BCUT2D eigenvalue weighted by Gasteiger charge is 2.18. The van der Waals surface area contributed by atoms with Gasteiger partial charge < -0.3 is 8.97 Å². The fourth-order valence-electron chi connectivity index (χ4n) is 1.06. The van der Waals surface area contributed by atoms with Gasteiger partial charge in [-0.05, 0) is 6.08 Å². The van der Waals surface area contributed by atoms with Crippen molar-refractivity contribution in [3.63, 3.8) is 0 Å². The van der Waals surface area contributed by atoms with Crippen molar-refractivity contribution in [2.75, 3.05) is 55.4 Å². The molecule has 2 nitrogen and oxygen atoms in total. The van der Waals surface area contributed by atoms with Crippen molar-refractivity contribution in [1.82, 2.24) is 0 Å². The number of rotatable bonds is 5. The molecule has 0 aromatic rings. The summed E-state index contributed by atoms with van der Waals surface area (Å²) in [7, 11) is 13.2. The molecule has 0 unspecified atom stereocenters. The predicted octanol–water partition coefficient (Wildman–Crippen LogP) is 2.44. The van der Waals surface area contributed by atoms with Gasteiger partial charge in [-0.25, -0.2) is 0 Å². The first-order valence-electron chi connectivity index (χ1n) is 5.12. The van der Waals surface area contributed by atoms with E-state index in [2.05, 4.69) is 80.2 Å². The van der Waals surface area contributed by atoms with Crippen LogP contribution >= 0.6 is 31.9 Å². The fraction of sp³-hybridized carbons (Fsp3) is 0.818. The van der Waals surface area contributed by atoms with E-state index in [4.69, 9.17) is 0 Å². The van der Waals surface area contributed by atoms with Crippen LogP contribution in [0, 0.1) is 0 Å². The van der Waals surface area contributed by atoms with Gasteiger partial charge in [-0.3, -0.25) is 0 Å². The molecule has 90 valence electrons. The van der Waals surface area contributed by atoms with Crippen molar-refractivity contribution in [3.05, 3.63) is 10.6 Å². The van der Waals surface area contributed by atoms with Gasteiger partial charge in [-0.15, -0.1) is 0 Å². The summed E-state index contributed by atoms with van der Waals surface area (Å²) in [5, 5.41) is 0. The number of hydrogen-bond donors (Lipinski definition) is 0. The summed E-state index contributed by atoms with van der Waals surface area (Å²) in [6.07, 6.45) is 2.26. The van der Waals surface area contributed by atoms with Crippen LogP contribution in [-0.4, -0.2) is 69.2 Å². The molecule has 0 aliphatic carbocycles. The van der Waals surface area contributed by atoms with Crippen molar-refractivity contribution in [1.29, 1.82) is 0 Å². The Hall–Kier alpha value is 0.620. The molecule has 0 fully saturated rings. The zero-order valence-corrected chi connectivity index (χ0v) is 13.9. The van der Waals surface area contributed by atoms with E-state index in [9.17, 15) is 0 Å². The Morgan fingerprint density at radius 3 is 1.87 bits per heavy atom. The molecular formula is C11H24Br2N2+2. The standard InChI is InChI=1S/C11H24Br2N2/c1-14(2,3)8-7-10(12)11(13)9-15(4,5)6/h7,11H,8-9H2,1-6H3/q+2/b10-7-/t11-/m1/s1. The number of hydrogen-bond acceptors (Lipinski definition) is 0. The molecule has 0 N–H and O–H groups in total. The maximum atomic E-state index is 3.71. The first kappa shape index (κ1) is 15.6. The van der Waals surface area contributed by atoms with E-state index >= 15 is 0 Å². The van der Waals surface area contributed by atoms with Crippen LogP contribution in [0.25, 0.3) is 0 Å². The van der Waals surface area contributed by atoms with Crippen LogP contribution in [0.2, 0.25) is 0 Å². The third-order valence-corrected chi connectivity index (χ3v) is 4.11. The third kappa shape index (κ3) is 9.54. The third-order valence-electron chi connectivity index (χ3n) is 1.84. The van der Waals surface area contributed by atoms with Crippen molar-refractivity contribution in [2.24, 2.45) is 0 Å². The van der Waals surface area contributed by atoms with Gasteiger partial charge in [0.1, 0.15) is 0 Å². The summed E-state index contributed by atoms with van der Waals surface area (Å²) in [5.41, 5.74) is 0. The molecule has 0 aliphatic heterocycles. The molecule has 0 bridgehead atoms. The summed E-state index contributed by atoms with van der Waals surface area (Å²) < 4.78 is 3.17. The highest BCUT2D eigenvalue weighted by atomic mass is 79.9. The first-order chi connectivity index (χ1) is 6.51. The summed E-state index contributed by atoms with van der Waals surface area (Å²) in [6, 6.07) is 0. The minimum absolute atomic E-state index is 0.407. The molecule has 0 aromatic heterocycles. The SMILES string of the molecule is C[N+](C)(C)C/C=C(\Br)[C@H](Br)C[N+](C)(C)C. The van der Waals surface area contributed by atoms with Crippen LogP contribution in [0.3, 0.4) is 0 Å². The van der Waals surface area contributed by atoms with Gasteiger partial charge in [0.2, 0.25) is 0 Å². The lowest BCUT2D eigenvalue weighted by Gasteiger charge is -2.27.